The van der Waals surface area contributed by atoms with Crippen LogP contribution in [-0.2, 0) is 10.3 Å². The Kier molecular flexibility index (Phi) is 2.57. The average molecular weight is 207 g/mol. The molecule has 0 spiro atoms. The number of rotatable bonds is 1. The summed E-state index contributed by atoms with van der Waals surface area (Å²) >= 11 is 0. The van der Waals surface area contributed by atoms with E-state index in [9.17, 15) is 9.18 Å². The van der Waals surface area contributed by atoms with Crippen LogP contribution in [0.3, 0.4) is 0 Å². The van der Waals surface area contributed by atoms with Crippen LogP contribution >= 0.6 is 0 Å². The highest BCUT2D eigenvalue weighted by molar-refractivity contribution is 5.90. The topological polar surface area (TPSA) is 43.1 Å². The van der Waals surface area contributed by atoms with E-state index < -0.39 is 5.54 Å². The highest BCUT2D eigenvalue weighted by Crippen LogP contribution is 2.32. The summed E-state index contributed by atoms with van der Waals surface area (Å²) in [4.78, 5) is 11.8. The number of carbonyl (C=O) groups is 1. The molecular weight excluding hydrogens is 193 g/mol. The number of benzene rings is 1. The van der Waals surface area contributed by atoms with Crippen molar-refractivity contribution in [2.24, 2.45) is 5.73 Å². The lowest BCUT2D eigenvalue weighted by atomic mass is 9.76. The first kappa shape index (κ1) is 10.3. The Morgan fingerprint density at radius 1 is 1.33 bits per heavy atom. The highest BCUT2D eigenvalue weighted by atomic mass is 19.1. The molecule has 1 aliphatic rings. The molecule has 2 rings (SSSR count). The van der Waals surface area contributed by atoms with Crippen molar-refractivity contribution in [3.05, 3.63) is 35.6 Å². The van der Waals surface area contributed by atoms with E-state index in [2.05, 4.69) is 0 Å². The van der Waals surface area contributed by atoms with Gasteiger partial charge in [0.2, 0.25) is 0 Å². The lowest BCUT2D eigenvalue weighted by molar-refractivity contribution is -0.126. The third kappa shape index (κ3) is 1.79. The predicted molar refractivity (Wildman–Crippen MR) is 55.7 cm³/mol. The summed E-state index contributed by atoms with van der Waals surface area (Å²) in [5, 5.41) is 0. The molecule has 0 bridgehead atoms. The fraction of sp³-hybridized carbons (Fsp3) is 0.417. The molecule has 15 heavy (non-hydrogen) atoms. The number of halogens is 1. The van der Waals surface area contributed by atoms with Crippen molar-refractivity contribution >= 4 is 5.78 Å². The number of carbonyl (C=O) groups excluding carboxylic acids is 1. The maximum Gasteiger partial charge on any atom is 0.157 e. The van der Waals surface area contributed by atoms with Gasteiger partial charge in [0.25, 0.3) is 0 Å². The van der Waals surface area contributed by atoms with Crippen LogP contribution in [0.2, 0.25) is 0 Å². The van der Waals surface area contributed by atoms with Crippen LogP contribution in [0.4, 0.5) is 4.39 Å². The minimum absolute atomic E-state index is 0.0272. The first-order valence-electron chi connectivity index (χ1n) is 5.21. The summed E-state index contributed by atoms with van der Waals surface area (Å²) in [6.45, 7) is 0. The van der Waals surface area contributed by atoms with Crippen LogP contribution in [0.15, 0.2) is 24.3 Å². The Labute approximate surface area is 88.3 Å². The molecule has 0 radical (unpaired) electrons. The van der Waals surface area contributed by atoms with Crippen molar-refractivity contribution < 1.29 is 9.18 Å². The van der Waals surface area contributed by atoms with Gasteiger partial charge in [-0.1, -0.05) is 18.6 Å². The molecule has 1 aromatic carbocycles. The molecule has 0 aromatic heterocycles. The standard InChI is InChI=1S/C12H14FNO/c13-10-5-3-4-9(8-10)12(14)7-2-1-6-11(12)15/h3-5,8H,1-2,6-7,14H2. The van der Waals surface area contributed by atoms with Gasteiger partial charge in [-0.15, -0.1) is 0 Å². The molecule has 0 amide bonds. The molecular formula is C12H14FNO. The maximum absolute atomic E-state index is 13.1. The molecule has 1 fully saturated rings. The Morgan fingerprint density at radius 3 is 2.80 bits per heavy atom. The fourth-order valence-electron chi connectivity index (χ4n) is 2.12. The molecule has 1 atom stereocenters. The maximum atomic E-state index is 13.1. The zero-order chi connectivity index (χ0) is 10.9. The van der Waals surface area contributed by atoms with Crippen molar-refractivity contribution in [2.45, 2.75) is 31.2 Å². The Bertz CT molecular complexity index is 391. The molecule has 0 heterocycles. The van der Waals surface area contributed by atoms with Crippen molar-refractivity contribution in [3.63, 3.8) is 0 Å². The van der Waals surface area contributed by atoms with Crippen LogP contribution in [0.1, 0.15) is 31.2 Å². The Hall–Kier alpha value is -1.22. The van der Waals surface area contributed by atoms with E-state index in [1.807, 2.05) is 0 Å². The fourth-order valence-corrected chi connectivity index (χ4v) is 2.12. The number of hydrogen-bond acceptors (Lipinski definition) is 2. The second-order valence-corrected chi connectivity index (χ2v) is 4.11. The third-order valence-electron chi connectivity index (χ3n) is 3.06. The second-order valence-electron chi connectivity index (χ2n) is 4.11. The van der Waals surface area contributed by atoms with Gasteiger partial charge in [-0.2, -0.15) is 0 Å². The van der Waals surface area contributed by atoms with Crippen LogP contribution in [0.5, 0.6) is 0 Å². The summed E-state index contributed by atoms with van der Waals surface area (Å²) < 4.78 is 13.1. The zero-order valence-electron chi connectivity index (χ0n) is 8.50. The highest BCUT2D eigenvalue weighted by Gasteiger charge is 2.37. The van der Waals surface area contributed by atoms with E-state index in [4.69, 9.17) is 5.73 Å². The Morgan fingerprint density at radius 2 is 2.13 bits per heavy atom. The van der Waals surface area contributed by atoms with Gasteiger partial charge < -0.3 is 5.73 Å². The SMILES string of the molecule is NC1(c2cccc(F)c2)CCCCC1=O. The lowest BCUT2D eigenvalue weighted by Crippen LogP contribution is -2.46. The zero-order valence-corrected chi connectivity index (χ0v) is 8.50. The monoisotopic (exact) mass is 207 g/mol. The molecule has 2 nitrogen and oxygen atoms in total. The Balaban J connectivity index is 2.39. The number of nitrogens with two attached hydrogens (primary N) is 1. The molecule has 0 saturated heterocycles. The summed E-state index contributed by atoms with van der Waals surface area (Å²) in [6, 6.07) is 6.05. The van der Waals surface area contributed by atoms with Crippen LogP contribution in [-0.4, -0.2) is 5.78 Å². The number of ketones is 1. The predicted octanol–water partition coefficient (Wildman–Crippen LogP) is 2.12. The van der Waals surface area contributed by atoms with E-state index in [1.165, 1.54) is 12.1 Å². The van der Waals surface area contributed by atoms with Crippen molar-refractivity contribution in [1.82, 2.24) is 0 Å². The number of Topliss-reactive ketones (excluding diaryl/α,β-unsaturated/α-hetero) is 1. The first-order valence-corrected chi connectivity index (χ1v) is 5.21. The lowest BCUT2D eigenvalue weighted by Gasteiger charge is -2.32. The normalized spacial score (nSPS) is 26.7. The van der Waals surface area contributed by atoms with Gasteiger partial charge in [-0.05, 0) is 30.5 Å². The minimum Gasteiger partial charge on any atom is -0.315 e. The van der Waals surface area contributed by atoms with E-state index >= 15 is 0 Å². The van der Waals surface area contributed by atoms with E-state index in [-0.39, 0.29) is 11.6 Å². The average Bonchev–Trinajstić information content (AvgIpc) is 2.23. The summed E-state index contributed by atoms with van der Waals surface area (Å²) in [5.74, 6) is -0.310. The summed E-state index contributed by atoms with van der Waals surface area (Å²) in [5.41, 5.74) is 5.72. The van der Waals surface area contributed by atoms with Gasteiger partial charge >= 0.3 is 0 Å². The van der Waals surface area contributed by atoms with Crippen LogP contribution in [0.25, 0.3) is 0 Å². The van der Waals surface area contributed by atoms with Gasteiger partial charge in [-0.25, -0.2) is 4.39 Å². The van der Waals surface area contributed by atoms with Crippen molar-refractivity contribution in [3.8, 4) is 0 Å². The van der Waals surface area contributed by atoms with Crippen LogP contribution < -0.4 is 5.73 Å². The molecule has 1 aromatic rings. The molecule has 80 valence electrons. The third-order valence-corrected chi connectivity index (χ3v) is 3.06. The van der Waals surface area contributed by atoms with Gasteiger partial charge in [0.05, 0.1) is 0 Å². The van der Waals surface area contributed by atoms with Crippen LogP contribution in [0, 0.1) is 5.82 Å². The molecule has 1 saturated carbocycles. The molecule has 1 unspecified atom stereocenters. The minimum atomic E-state index is -0.958. The van der Waals surface area contributed by atoms with Gasteiger partial charge in [0.1, 0.15) is 11.4 Å². The molecule has 2 N–H and O–H groups in total. The quantitative estimate of drug-likeness (QED) is 0.766. The van der Waals surface area contributed by atoms with Crippen molar-refractivity contribution in [1.29, 1.82) is 0 Å². The molecule has 0 aliphatic heterocycles. The van der Waals surface area contributed by atoms with Gasteiger partial charge in [0, 0.05) is 6.42 Å². The summed E-state index contributed by atoms with van der Waals surface area (Å²) in [7, 11) is 0. The van der Waals surface area contributed by atoms with E-state index in [0.717, 1.165) is 12.8 Å². The van der Waals surface area contributed by atoms with E-state index in [0.29, 0.717) is 18.4 Å². The van der Waals surface area contributed by atoms with E-state index in [1.54, 1.807) is 12.1 Å². The molecule has 3 heteroatoms. The second kappa shape index (κ2) is 3.74. The smallest absolute Gasteiger partial charge is 0.157 e. The van der Waals surface area contributed by atoms with Crippen molar-refractivity contribution in [2.75, 3.05) is 0 Å². The number of hydrogen-bond donors (Lipinski definition) is 1. The van der Waals surface area contributed by atoms with Gasteiger partial charge in [0.15, 0.2) is 5.78 Å². The summed E-state index contributed by atoms with van der Waals surface area (Å²) in [6.07, 6.45) is 2.95. The molecule has 1 aliphatic carbocycles. The first-order chi connectivity index (χ1) is 7.13. The largest absolute Gasteiger partial charge is 0.315 e. The van der Waals surface area contributed by atoms with Gasteiger partial charge in [-0.3, -0.25) is 4.79 Å².